The van der Waals surface area contributed by atoms with Gasteiger partial charge in [0.15, 0.2) is 0 Å². The zero-order valence-electron chi connectivity index (χ0n) is 15.2. The van der Waals surface area contributed by atoms with Crippen molar-refractivity contribution >= 4 is 23.2 Å². The summed E-state index contributed by atoms with van der Waals surface area (Å²) in [5.74, 6) is 0.199. The number of anilines is 1. The quantitative estimate of drug-likeness (QED) is 0.756. The molecule has 0 saturated carbocycles. The third-order valence-corrected chi connectivity index (χ3v) is 5.72. The highest BCUT2D eigenvalue weighted by Gasteiger charge is 2.56. The van der Waals surface area contributed by atoms with E-state index in [0.717, 1.165) is 28.9 Å². The van der Waals surface area contributed by atoms with Crippen LogP contribution in [0.3, 0.4) is 0 Å². The molecule has 0 radical (unpaired) electrons. The van der Waals surface area contributed by atoms with Crippen molar-refractivity contribution in [2.24, 2.45) is 0 Å². The van der Waals surface area contributed by atoms with Crippen LogP contribution in [0.4, 0.5) is 5.69 Å². The molecule has 0 N–H and O–H groups in total. The van der Waals surface area contributed by atoms with Crippen molar-refractivity contribution in [3.05, 3.63) is 57.9 Å². The van der Waals surface area contributed by atoms with Crippen molar-refractivity contribution in [3.8, 4) is 0 Å². The van der Waals surface area contributed by atoms with E-state index < -0.39 is 5.41 Å². The van der Waals surface area contributed by atoms with Gasteiger partial charge in [-0.3, -0.25) is 9.78 Å². The van der Waals surface area contributed by atoms with E-state index in [4.69, 9.17) is 11.6 Å². The first-order valence-electron chi connectivity index (χ1n) is 8.88. The van der Waals surface area contributed by atoms with Crippen LogP contribution in [0.2, 0.25) is 5.02 Å². The van der Waals surface area contributed by atoms with E-state index in [1.54, 1.807) is 6.20 Å². The van der Waals surface area contributed by atoms with Crippen molar-refractivity contribution in [2.75, 3.05) is 4.90 Å². The summed E-state index contributed by atoms with van der Waals surface area (Å²) in [5, 5.41) is 0.636. The van der Waals surface area contributed by atoms with Crippen LogP contribution in [0, 0.1) is 0 Å². The largest absolute Gasteiger partial charge is 0.306 e. The highest BCUT2D eigenvalue weighted by molar-refractivity contribution is 6.30. The molecule has 1 aliphatic heterocycles. The Bertz CT molecular complexity index is 884. The van der Waals surface area contributed by atoms with Crippen molar-refractivity contribution in [1.29, 1.82) is 0 Å². The molecule has 2 aliphatic rings. The Balaban J connectivity index is 1.94. The van der Waals surface area contributed by atoms with Crippen LogP contribution in [-0.2, 0) is 29.5 Å². The minimum atomic E-state index is -0.534. The van der Waals surface area contributed by atoms with Crippen LogP contribution in [0.15, 0.2) is 30.5 Å². The molecule has 0 unspecified atom stereocenters. The molecule has 2 heterocycles. The number of para-hydroxylation sites is 1. The summed E-state index contributed by atoms with van der Waals surface area (Å²) < 4.78 is 0. The lowest BCUT2D eigenvalue weighted by Gasteiger charge is -2.35. The Labute approximate surface area is 154 Å². The van der Waals surface area contributed by atoms with Gasteiger partial charge in [-0.2, -0.15) is 0 Å². The van der Waals surface area contributed by atoms with Crippen molar-refractivity contribution < 1.29 is 4.79 Å². The molecule has 1 aromatic heterocycles. The predicted octanol–water partition coefficient (Wildman–Crippen LogP) is 4.48. The molecule has 1 spiro atoms. The number of amides is 1. The average Bonchev–Trinajstić information content (AvgIpc) is 3.03. The number of carbonyl (C=O) groups is 1. The Hall–Kier alpha value is -1.87. The van der Waals surface area contributed by atoms with Gasteiger partial charge in [0.2, 0.25) is 5.91 Å². The zero-order valence-corrected chi connectivity index (χ0v) is 15.9. The molecule has 2 aromatic rings. The monoisotopic (exact) mass is 354 g/mol. The van der Waals surface area contributed by atoms with Crippen LogP contribution in [-0.4, -0.2) is 16.4 Å². The summed E-state index contributed by atoms with van der Waals surface area (Å²) in [5.41, 5.74) is 4.81. The van der Waals surface area contributed by atoms with E-state index in [1.807, 2.05) is 11.0 Å². The molecule has 0 saturated heterocycles. The number of aromatic nitrogens is 1. The number of fused-ring (bicyclic) bond motifs is 3. The van der Waals surface area contributed by atoms with Crippen LogP contribution in [0.25, 0.3) is 0 Å². The molecule has 1 atom stereocenters. The molecule has 25 heavy (non-hydrogen) atoms. The van der Waals surface area contributed by atoms with Gasteiger partial charge in [0.1, 0.15) is 0 Å². The molecular weight excluding hydrogens is 332 g/mol. The van der Waals surface area contributed by atoms with Gasteiger partial charge in [-0.25, -0.2) is 0 Å². The lowest BCUT2D eigenvalue weighted by atomic mass is 9.78. The van der Waals surface area contributed by atoms with Gasteiger partial charge in [0, 0.05) is 23.9 Å². The Kier molecular flexibility index (Phi) is 3.52. The normalized spacial score (nSPS) is 21.8. The van der Waals surface area contributed by atoms with E-state index >= 15 is 0 Å². The van der Waals surface area contributed by atoms with Gasteiger partial charge in [0.05, 0.1) is 16.1 Å². The van der Waals surface area contributed by atoms with Crippen LogP contribution in [0.1, 0.15) is 50.1 Å². The fourth-order valence-electron chi connectivity index (χ4n) is 4.43. The summed E-state index contributed by atoms with van der Waals surface area (Å²) >= 11 is 6.15. The first-order valence-corrected chi connectivity index (χ1v) is 9.26. The number of aryl methyl sites for hydroxylation is 1. The van der Waals surface area contributed by atoms with E-state index in [-0.39, 0.29) is 11.4 Å². The number of rotatable bonds is 1. The summed E-state index contributed by atoms with van der Waals surface area (Å²) in [6.07, 6.45) is 3.94. The molecule has 3 nitrogen and oxygen atoms in total. The van der Waals surface area contributed by atoms with Crippen LogP contribution in [0.5, 0.6) is 0 Å². The number of hydrogen-bond donors (Lipinski definition) is 0. The van der Waals surface area contributed by atoms with E-state index in [1.165, 1.54) is 5.56 Å². The van der Waals surface area contributed by atoms with Crippen LogP contribution < -0.4 is 4.90 Å². The average molecular weight is 355 g/mol. The lowest BCUT2D eigenvalue weighted by Crippen LogP contribution is -2.49. The SMILES string of the molecule is CCc1cccc2c1N(C(C)(C)C)C(=O)[C@]21Cc2cc(Cl)cnc2C1. The fraction of sp³-hybridized carbons (Fsp3) is 0.429. The zero-order chi connectivity index (χ0) is 18.0. The number of benzene rings is 1. The maximum absolute atomic E-state index is 13.7. The smallest absolute Gasteiger partial charge is 0.238 e. The minimum absolute atomic E-state index is 0.199. The van der Waals surface area contributed by atoms with Crippen molar-refractivity contribution in [3.63, 3.8) is 0 Å². The maximum atomic E-state index is 13.7. The number of nitrogens with zero attached hydrogens (tertiary/aromatic N) is 2. The molecule has 0 bridgehead atoms. The summed E-state index contributed by atoms with van der Waals surface area (Å²) in [4.78, 5) is 20.3. The fourth-order valence-corrected chi connectivity index (χ4v) is 4.62. The van der Waals surface area contributed by atoms with Gasteiger partial charge in [-0.05, 0) is 56.4 Å². The summed E-state index contributed by atoms with van der Waals surface area (Å²) in [6.45, 7) is 8.47. The Morgan fingerprint density at radius 3 is 2.72 bits per heavy atom. The first-order chi connectivity index (χ1) is 11.8. The second-order valence-electron chi connectivity index (χ2n) is 8.17. The number of halogens is 1. The minimum Gasteiger partial charge on any atom is -0.306 e. The molecule has 0 fully saturated rings. The summed E-state index contributed by atoms with van der Waals surface area (Å²) in [7, 11) is 0. The number of carbonyl (C=O) groups excluding carboxylic acids is 1. The van der Waals surface area contributed by atoms with Gasteiger partial charge in [0.25, 0.3) is 0 Å². The molecule has 4 heteroatoms. The second-order valence-corrected chi connectivity index (χ2v) is 8.61. The third kappa shape index (κ3) is 2.25. The van der Waals surface area contributed by atoms with Crippen molar-refractivity contribution in [1.82, 2.24) is 4.98 Å². The van der Waals surface area contributed by atoms with Gasteiger partial charge in [-0.1, -0.05) is 36.7 Å². The number of pyridine rings is 1. The Morgan fingerprint density at radius 2 is 2.04 bits per heavy atom. The molecular formula is C21H23ClN2O. The van der Waals surface area contributed by atoms with Crippen molar-refractivity contribution in [2.45, 2.75) is 57.9 Å². The number of hydrogen-bond acceptors (Lipinski definition) is 2. The Morgan fingerprint density at radius 1 is 1.28 bits per heavy atom. The first kappa shape index (κ1) is 16.6. The van der Waals surface area contributed by atoms with Gasteiger partial charge >= 0.3 is 0 Å². The van der Waals surface area contributed by atoms with E-state index in [2.05, 4.69) is 50.9 Å². The highest BCUT2D eigenvalue weighted by Crippen LogP contribution is 2.52. The maximum Gasteiger partial charge on any atom is 0.238 e. The topological polar surface area (TPSA) is 33.2 Å². The lowest BCUT2D eigenvalue weighted by molar-refractivity contribution is -0.123. The summed E-state index contributed by atoms with van der Waals surface area (Å²) in [6, 6.07) is 8.32. The second kappa shape index (κ2) is 5.31. The molecule has 4 rings (SSSR count). The standard InChI is InChI=1S/C21H23ClN2O/c1-5-13-7-6-8-16-18(13)24(20(2,3)4)19(25)21(16)10-14-9-15(22)12-23-17(14)11-21/h6-9,12H,5,10-11H2,1-4H3/t21-/m0/s1. The molecule has 1 amide bonds. The van der Waals surface area contributed by atoms with Gasteiger partial charge in [-0.15, -0.1) is 0 Å². The molecule has 1 aliphatic carbocycles. The van der Waals surface area contributed by atoms with E-state index in [9.17, 15) is 4.79 Å². The van der Waals surface area contributed by atoms with Gasteiger partial charge < -0.3 is 4.90 Å². The van der Waals surface area contributed by atoms with E-state index in [0.29, 0.717) is 17.9 Å². The van der Waals surface area contributed by atoms with Crippen LogP contribution >= 0.6 is 11.6 Å². The molecule has 1 aromatic carbocycles. The third-order valence-electron chi connectivity index (χ3n) is 5.51. The highest BCUT2D eigenvalue weighted by atomic mass is 35.5. The predicted molar refractivity (Wildman–Crippen MR) is 101 cm³/mol. The molecule has 130 valence electrons.